The molecule has 2 heterocycles. The summed E-state index contributed by atoms with van der Waals surface area (Å²) in [6, 6.07) is 6.27. The van der Waals surface area contributed by atoms with E-state index in [1.807, 2.05) is 17.8 Å². The number of hydrogen-bond acceptors (Lipinski definition) is 2. The fraction of sp³-hybridized carbons (Fsp3) is 0.308. The highest BCUT2D eigenvalue weighted by Gasteiger charge is 2.14. The maximum absolute atomic E-state index is 5.34. The van der Waals surface area contributed by atoms with Crippen molar-refractivity contribution in [2.75, 3.05) is 13.2 Å². The first-order chi connectivity index (χ1) is 8.25. The van der Waals surface area contributed by atoms with Crippen molar-refractivity contribution in [2.24, 2.45) is 7.05 Å². The number of aromatic nitrogens is 2. The summed E-state index contributed by atoms with van der Waals surface area (Å²) in [4.78, 5) is 0. The maximum Gasteiger partial charge on any atom is 0.0960 e. The van der Waals surface area contributed by atoms with Gasteiger partial charge in [0.25, 0.3) is 0 Å². The van der Waals surface area contributed by atoms with Crippen LogP contribution >= 0.6 is 15.9 Å². The monoisotopic (exact) mass is 292 g/mol. The van der Waals surface area contributed by atoms with Crippen LogP contribution in [0.3, 0.4) is 0 Å². The molecule has 0 radical (unpaired) electrons. The first-order valence-electron chi connectivity index (χ1n) is 5.65. The average molecular weight is 293 g/mol. The molecule has 1 aliphatic heterocycles. The van der Waals surface area contributed by atoms with Crippen LogP contribution in [0.25, 0.3) is 16.5 Å². The Labute approximate surface area is 108 Å². The molecule has 0 N–H and O–H groups in total. The van der Waals surface area contributed by atoms with E-state index in [9.17, 15) is 0 Å². The molecule has 0 saturated carbocycles. The molecule has 0 amide bonds. The molecule has 3 nitrogen and oxygen atoms in total. The van der Waals surface area contributed by atoms with Gasteiger partial charge in [0.15, 0.2) is 0 Å². The van der Waals surface area contributed by atoms with Crippen LogP contribution in [0.5, 0.6) is 0 Å². The van der Waals surface area contributed by atoms with Crippen molar-refractivity contribution in [1.82, 2.24) is 9.78 Å². The zero-order chi connectivity index (χ0) is 11.8. The lowest BCUT2D eigenvalue weighted by Crippen LogP contribution is -2.04. The molecule has 0 unspecified atom stereocenters. The van der Waals surface area contributed by atoms with Crippen LogP contribution in [0.1, 0.15) is 12.1 Å². The van der Waals surface area contributed by atoms with Gasteiger partial charge in [-0.25, -0.2) is 0 Å². The number of aryl methyl sites for hydroxylation is 1. The highest BCUT2D eigenvalue weighted by molar-refractivity contribution is 9.10. The normalized spacial score (nSPS) is 16.2. The van der Waals surface area contributed by atoms with Gasteiger partial charge < -0.3 is 4.74 Å². The van der Waals surface area contributed by atoms with Crippen LogP contribution in [0, 0.1) is 0 Å². The third kappa shape index (κ3) is 1.91. The predicted octanol–water partition coefficient (Wildman–Crippen LogP) is 3.14. The molecule has 1 aliphatic rings. The van der Waals surface area contributed by atoms with E-state index >= 15 is 0 Å². The molecule has 2 aromatic rings. The second kappa shape index (κ2) is 4.27. The molecule has 3 rings (SSSR count). The van der Waals surface area contributed by atoms with Gasteiger partial charge in [-0.05, 0) is 30.2 Å². The summed E-state index contributed by atoms with van der Waals surface area (Å²) in [6.45, 7) is 1.49. The topological polar surface area (TPSA) is 27.1 Å². The Morgan fingerprint density at radius 2 is 2.29 bits per heavy atom. The Morgan fingerprint density at radius 3 is 3.06 bits per heavy atom. The summed E-state index contributed by atoms with van der Waals surface area (Å²) >= 11 is 3.52. The lowest BCUT2D eigenvalue weighted by atomic mass is 10.0. The zero-order valence-corrected chi connectivity index (χ0v) is 11.2. The van der Waals surface area contributed by atoms with E-state index in [4.69, 9.17) is 4.74 Å². The molecule has 1 aromatic carbocycles. The van der Waals surface area contributed by atoms with Gasteiger partial charge in [0.1, 0.15) is 0 Å². The minimum atomic E-state index is 0.696. The Hall–Kier alpha value is -1.13. The van der Waals surface area contributed by atoms with Crippen molar-refractivity contribution in [2.45, 2.75) is 6.42 Å². The van der Waals surface area contributed by atoms with Crippen LogP contribution in [-0.2, 0) is 11.8 Å². The first-order valence-corrected chi connectivity index (χ1v) is 6.44. The zero-order valence-electron chi connectivity index (χ0n) is 9.61. The Kier molecular flexibility index (Phi) is 2.76. The SMILES string of the molecule is Cn1nc(C2=CCOCC2)c2cc(Br)ccc21. The standard InChI is InChI=1S/C13H13BrN2O/c1-16-12-3-2-10(14)8-11(12)13(15-16)9-4-6-17-7-5-9/h2-4,8H,5-7H2,1H3. The predicted molar refractivity (Wildman–Crippen MR) is 71.8 cm³/mol. The Morgan fingerprint density at radius 1 is 1.41 bits per heavy atom. The Bertz CT molecular complexity index is 601. The Balaban J connectivity index is 2.22. The molecule has 0 saturated heterocycles. The second-order valence-electron chi connectivity index (χ2n) is 4.19. The summed E-state index contributed by atoms with van der Waals surface area (Å²) in [5.41, 5.74) is 3.54. The molecule has 0 spiro atoms. The number of ether oxygens (including phenoxy) is 1. The quantitative estimate of drug-likeness (QED) is 0.807. The number of hydrogen-bond donors (Lipinski definition) is 0. The lowest BCUT2D eigenvalue weighted by molar-refractivity contribution is 0.161. The van der Waals surface area contributed by atoms with Gasteiger partial charge in [0.2, 0.25) is 0 Å². The number of nitrogens with zero attached hydrogens (tertiary/aromatic N) is 2. The highest BCUT2D eigenvalue weighted by atomic mass is 79.9. The van der Waals surface area contributed by atoms with E-state index in [1.54, 1.807) is 0 Å². The second-order valence-corrected chi connectivity index (χ2v) is 5.10. The molecule has 4 heteroatoms. The van der Waals surface area contributed by atoms with E-state index in [0.29, 0.717) is 6.61 Å². The summed E-state index contributed by atoms with van der Waals surface area (Å²) in [5, 5.41) is 5.83. The largest absolute Gasteiger partial charge is 0.377 e. The highest BCUT2D eigenvalue weighted by Crippen LogP contribution is 2.29. The van der Waals surface area contributed by atoms with Crippen LogP contribution < -0.4 is 0 Å². The summed E-state index contributed by atoms with van der Waals surface area (Å²) in [6.07, 6.45) is 3.07. The summed E-state index contributed by atoms with van der Waals surface area (Å²) in [7, 11) is 1.99. The van der Waals surface area contributed by atoms with Gasteiger partial charge in [-0.15, -0.1) is 0 Å². The van der Waals surface area contributed by atoms with Crippen molar-refractivity contribution < 1.29 is 4.74 Å². The van der Waals surface area contributed by atoms with Crippen LogP contribution in [0.4, 0.5) is 0 Å². The molecular weight excluding hydrogens is 280 g/mol. The molecule has 88 valence electrons. The van der Waals surface area contributed by atoms with Gasteiger partial charge >= 0.3 is 0 Å². The van der Waals surface area contributed by atoms with Gasteiger partial charge in [-0.3, -0.25) is 4.68 Å². The first kappa shape index (κ1) is 11.0. The van der Waals surface area contributed by atoms with E-state index in [2.05, 4.69) is 39.2 Å². The summed E-state index contributed by atoms with van der Waals surface area (Å²) in [5.74, 6) is 0. The molecule has 17 heavy (non-hydrogen) atoms. The minimum absolute atomic E-state index is 0.696. The van der Waals surface area contributed by atoms with Gasteiger partial charge in [-0.2, -0.15) is 5.10 Å². The van der Waals surface area contributed by atoms with E-state index in [-0.39, 0.29) is 0 Å². The number of benzene rings is 1. The van der Waals surface area contributed by atoms with Crippen LogP contribution in [0.15, 0.2) is 28.7 Å². The summed E-state index contributed by atoms with van der Waals surface area (Å²) < 4.78 is 8.37. The van der Waals surface area contributed by atoms with E-state index in [0.717, 1.165) is 28.7 Å². The van der Waals surface area contributed by atoms with Crippen molar-refractivity contribution in [1.29, 1.82) is 0 Å². The van der Waals surface area contributed by atoms with E-state index in [1.165, 1.54) is 11.0 Å². The van der Waals surface area contributed by atoms with Gasteiger partial charge in [0, 0.05) is 16.9 Å². The number of fused-ring (bicyclic) bond motifs is 1. The molecule has 0 bridgehead atoms. The fourth-order valence-corrected chi connectivity index (χ4v) is 2.58. The molecule has 1 aromatic heterocycles. The van der Waals surface area contributed by atoms with Crippen molar-refractivity contribution in [3.05, 3.63) is 34.4 Å². The van der Waals surface area contributed by atoms with Gasteiger partial charge in [-0.1, -0.05) is 22.0 Å². The molecule has 0 aliphatic carbocycles. The smallest absolute Gasteiger partial charge is 0.0960 e. The third-order valence-electron chi connectivity index (χ3n) is 3.08. The van der Waals surface area contributed by atoms with Crippen molar-refractivity contribution in [3.63, 3.8) is 0 Å². The lowest BCUT2D eigenvalue weighted by Gasteiger charge is -2.11. The minimum Gasteiger partial charge on any atom is -0.377 e. The number of halogens is 1. The average Bonchev–Trinajstić information content (AvgIpc) is 2.67. The maximum atomic E-state index is 5.34. The molecule has 0 atom stereocenters. The van der Waals surface area contributed by atoms with Gasteiger partial charge in [0.05, 0.1) is 24.4 Å². The third-order valence-corrected chi connectivity index (χ3v) is 3.57. The van der Waals surface area contributed by atoms with Crippen LogP contribution in [0.2, 0.25) is 0 Å². The van der Waals surface area contributed by atoms with Crippen LogP contribution in [-0.4, -0.2) is 23.0 Å². The number of rotatable bonds is 1. The van der Waals surface area contributed by atoms with Crippen molar-refractivity contribution in [3.8, 4) is 0 Å². The molecule has 0 fully saturated rings. The van der Waals surface area contributed by atoms with Crippen molar-refractivity contribution >= 4 is 32.4 Å². The molecular formula is C13H13BrN2O. The van der Waals surface area contributed by atoms with E-state index < -0.39 is 0 Å². The fourth-order valence-electron chi connectivity index (χ4n) is 2.22.